The van der Waals surface area contributed by atoms with E-state index in [0.29, 0.717) is 0 Å². The largest absolute Gasteiger partial charge is 0.497 e. The van der Waals surface area contributed by atoms with E-state index in [0.717, 1.165) is 43.1 Å². The predicted molar refractivity (Wildman–Crippen MR) is 167 cm³/mol. The number of fused-ring (bicyclic) bond motifs is 1. The highest BCUT2D eigenvalue weighted by Crippen LogP contribution is 2.50. The van der Waals surface area contributed by atoms with Gasteiger partial charge >= 0.3 is 0 Å². The minimum atomic E-state index is -0.00299. The third kappa shape index (κ3) is 6.67. The molecule has 0 N–H and O–H groups in total. The van der Waals surface area contributed by atoms with Crippen LogP contribution in [-0.2, 0) is 6.54 Å². The van der Waals surface area contributed by atoms with E-state index >= 15 is 0 Å². The molecule has 3 aromatic rings. The van der Waals surface area contributed by atoms with E-state index in [4.69, 9.17) is 9.47 Å². The lowest BCUT2D eigenvalue weighted by molar-refractivity contribution is 0.167. The van der Waals surface area contributed by atoms with Crippen molar-refractivity contribution in [1.29, 1.82) is 0 Å². The highest BCUT2D eigenvalue weighted by Gasteiger charge is 2.42. The fourth-order valence-electron chi connectivity index (χ4n) is 5.49. The topological polar surface area (TPSA) is 28.2 Å². The van der Waals surface area contributed by atoms with Gasteiger partial charge in [0.05, 0.1) is 30.5 Å². The summed E-state index contributed by atoms with van der Waals surface area (Å²) in [5.41, 5.74) is 4.86. The first-order valence-electron chi connectivity index (χ1n) is 14.2. The van der Waals surface area contributed by atoms with Gasteiger partial charge in [0, 0.05) is 38.4 Å². The molecule has 210 valence electrons. The number of nitrogens with zero attached hydrogens (tertiary/aromatic N) is 3. The van der Waals surface area contributed by atoms with Crippen LogP contribution in [0.15, 0.2) is 71.6 Å². The molecule has 0 fully saturated rings. The molecule has 0 aliphatic carbocycles. The summed E-state index contributed by atoms with van der Waals surface area (Å²) in [6.45, 7) is 6.42. The fourth-order valence-corrected chi connectivity index (χ4v) is 6.80. The Bertz CT molecular complexity index is 1180. The lowest BCUT2D eigenvalue weighted by Crippen LogP contribution is -2.51. The summed E-state index contributed by atoms with van der Waals surface area (Å²) in [6.07, 6.45) is 7.09. The highest BCUT2D eigenvalue weighted by molar-refractivity contribution is 7.97. The molecule has 0 unspecified atom stereocenters. The minimum absolute atomic E-state index is 0.00299. The summed E-state index contributed by atoms with van der Waals surface area (Å²) in [4.78, 5) is 5.94. The molecule has 0 spiro atoms. The Balaban J connectivity index is 1.90. The molecular weight excluding hydrogens is 502 g/mol. The predicted octanol–water partition coefficient (Wildman–Crippen LogP) is 8.55. The van der Waals surface area contributed by atoms with Crippen molar-refractivity contribution in [3.05, 3.63) is 72.3 Å². The first-order valence-corrected chi connectivity index (χ1v) is 15.0. The van der Waals surface area contributed by atoms with Gasteiger partial charge in [-0.05, 0) is 66.8 Å². The molecule has 0 amide bonds. The first kappa shape index (κ1) is 29.2. The molecule has 1 aliphatic heterocycles. The maximum Gasteiger partial charge on any atom is 0.143 e. The van der Waals surface area contributed by atoms with Crippen molar-refractivity contribution in [2.45, 2.75) is 69.4 Å². The van der Waals surface area contributed by atoms with Gasteiger partial charge in [-0.3, -0.25) is 0 Å². The molecular formula is C33H45N3O2S. The van der Waals surface area contributed by atoms with Gasteiger partial charge in [-0.2, -0.15) is 0 Å². The van der Waals surface area contributed by atoms with Crippen molar-refractivity contribution in [3.8, 4) is 11.5 Å². The van der Waals surface area contributed by atoms with Crippen LogP contribution in [0.3, 0.4) is 0 Å². The van der Waals surface area contributed by atoms with E-state index < -0.39 is 0 Å². The van der Waals surface area contributed by atoms with Crippen molar-refractivity contribution in [1.82, 2.24) is 4.31 Å². The number of para-hydroxylation sites is 1. The van der Waals surface area contributed by atoms with Crippen LogP contribution in [0.4, 0.5) is 17.1 Å². The Hall–Kier alpha value is -2.83. The number of ether oxygens (including phenoxy) is 2. The number of hydrogen-bond donors (Lipinski definition) is 0. The van der Waals surface area contributed by atoms with E-state index in [9.17, 15) is 0 Å². The van der Waals surface area contributed by atoms with Crippen molar-refractivity contribution in [2.75, 3.05) is 44.7 Å². The Morgan fingerprint density at radius 2 is 1.54 bits per heavy atom. The number of anilines is 3. The van der Waals surface area contributed by atoms with Gasteiger partial charge < -0.3 is 19.3 Å². The number of methoxy groups -OCH3 is 2. The quantitative estimate of drug-likeness (QED) is 0.211. The van der Waals surface area contributed by atoms with E-state index in [1.54, 1.807) is 14.2 Å². The SMILES string of the molecule is CCCCC1(CCCC)CN(c2ccccc2)c2cc(N(C)C)c(OC)cc2SN1Cc1ccc(OC)cc1. The van der Waals surface area contributed by atoms with Crippen LogP contribution in [0.25, 0.3) is 0 Å². The van der Waals surface area contributed by atoms with E-state index in [2.05, 4.69) is 109 Å². The van der Waals surface area contributed by atoms with Crippen LogP contribution in [0, 0.1) is 0 Å². The zero-order valence-corrected chi connectivity index (χ0v) is 25.4. The Labute approximate surface area is 240 Å². The summed E-state index contributed by atoms with van der Waals surface area (Å²) in [6, 6.07) is 24.0. The van der Waals surface area contributed by atoms with Gasteiger partial charge in [0.15, 0.2) is 0 Å². The molecule has 6 heteroatoms. The van der Waals surface area contributed by atoms with Gasteiger partial charge in [-0.1, -0.05) is 69.9 Å². The van der Waals surface area contributed by atoms with Gasteiger partial charge in [0.2, 0.25) is 0 Å². The number of benzene rings is 3. The second-order valence-electron chi connectivity index (χ2n) is 10.7. The molecule has 0 aromatic heterocycles. The monoisotopic (exact) mass is 547 g/mol. The highest BCUT2D eigenvalue weighted by atomic mass is 32.2. The molecule has 5 nitrogen and oxygen atoms in total. The summed E-state index contributed by atoms with van der Waals surface area (Å²) in [5.74, 6) is 1.80. The van der Waals surface area contributed by atoms with Gasteiger partial charge in [-0.25, -0.2) is 4.31 Å². The molecule has 1 aliphatic rings. The lowest BCUT2D eigenvalue weighted by atomic mass is 9.85. The molecule has 1 heterocycles. The van der Waals surface area contributed by atoms with E-state index in [1.807, 2.05) is 11.9 Å². The minimum Gasteiger partial charge on any atom is -0.497 e. The molecule has 0 saturated carbocycles. The average molecular weight is 548 g/mol. The molecule has 0 bridgehead atoms. The van der Waals surface area contributed by atoms with Crippen molar-refractivity contribution < 1.29 is 9.47 Å². The zero-order valence-electron chi connectivity index (χ0n) is 24.6. The van der Waals surface area contributed by atoms with Gasteiger partial charge in [0.1, 0.15) is 11.5 Å². The van der Waals surface area contributed by atoms with Crippen LogP contribution in [0.5, 0.6) is 11.5 Å². The maximum atomic E-state index is 5.91. The Morgan fingerprint density at radius 1 is 0.872 bits per heavy atom. The second kappa shape index (κ2) is 13.5. The molecule has 3 aromatic carbocycles. The molecule has 0 radical (unpaired) electrons. The van der Waals surface area contributed by atoms with Crippen LogP contribution >= 0.6 is 11.9 Å². The Kier molecular flexibility index (Phi) is 10.1. The summed E-state index contributed by atoms with van der Waals surface area (Å²) in [5, 5.41) is 0. The van der Waals surface area contributed by atoms with E-state index in [-0.39, 0.29) is 5.54 Å². The van der Waals surface area contributed by atoms with Crippen LogP contribution in [-0.4, -0.2) is 44.7 Å². The summed E-state index contributed by atoms with van der Waals surface area (Å²) >= 11 is 1.90. The molecule has 4 rings (SSSR count). The molecule has 39 heavy (non-hydrogen) atoms. The molecule has 0 atom stereocenters. The average Bonchev–Trinajstić information content (AvgIpc) is 3.09. The maximum absolute atomic E-state index is 5.91. The Morgan fingerprint density at radius 3 is 2.10 bits per heavy atom. The van der Waals surface area contributed by atoms with Crippen molar-refractivity contribution in [3.63, 3.8) is 0 Å². The first-order chi connectivity index (χ1) is 18.9. The third-order valence-electron chi connectivity index (χ3n) is 7.77. The normalized spacial score (nSPS) is 15.0. The zero-order chi connectivity index (χ0) is 27.8. The molecule has 0 saturated heterocycles. The van der Waals surface area contributed by atoms with Crippen molar-refractivity contribution >= 4 is 29.0 Å². The number of unbranched alkanes of at least 4 members (excludes halogenated alkanes) is 2. The number of hydrogen-bond acceptors (Lipinski definition) is 6. The van der Waals surface area contributed by atoms with Gasteiger partial charge in [-0.15, -0.1) is 0 Å². The summed E-state index contributed by atoms with van der Waals surface area (Å²) < 4.78 is 14.0. The lowest BCUT2D eigenvalue weighted by Gasteiger charge is -2.44. The standard InChI is InChI=1S/C33H45N3O2S/c1-7-9-20-33(21-10-8-2)25-35(27-14-12-11-13-15-27)30-22-29(34(3)4)31(38-6)23-32(30)39-36(33)24-26-16-18-28(37-5)19-17-26/h11-19,22-23H,7-10,20-21,24-25H2,1-6H3. The van der Waals surface area contributed by atoms with Crippen LogP contribution in [0.1, 0.15) is 57.9 Å². The van der Waals surface area contributed by atoms with Gasteiger partial charge in [0.25, 0.3) is 0 Å². The number of rotatable bonds is 12. The summed E-state index contributed by atoms with van der Waals surface area (Å²) in [7, 11) is 7.67. The smallest absolute Gasteiger partial charge is 0.143 e. The third-order valence-corrected chi connectivity index (χ3v) is 9.03. The van der Waals surface area contributed by atoms with E-state index in [1.165, 1.54) is 47.5 Å². The van der Waals surface area contributed by atoms with Crippen molar-refractivity contribution in [2.24, 2.45) is 0 Å². The fraction of sp³-hybridized carbons (Fsp3) is 0.455. The van der Waals surface area contributed by atoms with Crippen LogP contribution < -0.4 is 19.3 Å². The second-order valence-corrected chi connectivity index (χ2v) is 11.8. The van der Waals surface area contributed by atoms with Crippen LogP contribution in [0.2, 0.25) is 0 Å².